The summed E-state index contributed by atoms with van der Waals surface area (Å²) in [7, 11) is 0. The highest BCUT2D eigenvalue weighted by molar-refractivity contribution is 9.10. The first-order valence-electron chi connectivity index (χ1n) is 11.2. The van der Waals surface area contributed by atoms with Gasteiger partial charge in [-0.05, 0) is 38.5 Å². The third kappa shape index (κ3) is 3.32. The van der Waals surface area contributed by atoms with E-state index in [4.69, 9.17) is 4.74 Å². The maximum absolute atomic E-state index is 13.6. The zero-order valence-corrected chi connectivity index (χ0v) is 20.6. The van der Waals surface area contributed by atoms with Crippen LogP contribution in [-0.4, -0.2) is 70.5 Å². The number of halogens is 1. The summed E-state index contributed by atoms with van der Waals surface area (Å²) >= 11 is 3.73. The van der Waals surface area contributed by atoms with E-state index in [1.54, 1.807) is 4.90 Å². The lowest BCUT2D eigenvalue weighted by Crippen LogP contribution is -2.61. The fourth-order valence-electron chi connectivity index (χ4n) is 5.46. The van der Waals surface area contributed by atoms with Gasteiger partial charge in [0.25, 0.3) is 5.91 Å². The Morgan fingerprint density at radius 1 is 1.30 bits per heavy atom. The van der Waals surface area contributed by atoms with Gasteiger partial charge in [0.2, 0.25) is 11.8 Å². The second-order valence-electron chi connectivity index (χ2n) is 9.19. The van der Waals surface area contributed by atoms with Crippen molar-refractivity contribution in [2.45, 2.75) is 45.4 Å². The highest BCUT2D eigenvalue weighted by Crippen LogP contribution is 2.46. The number of amides is 3. The summed E-state index contributed by atoms with van der Waals surface area (Å²) in [6, 6.07) is 1.81. The maximum Gasteiger partial charge on any atom is 0.257 e. The molecule has 2 aromatic rings. The predicted octanol–water partition coefficient (Wildman–Crippen LogP) is 2.45. The summed E-state index contributed by atoms with van der Waals surface area (Å²) in [5, 5.41) is 3.93. The number of morpholine rings is 1. The van der Waals surface area contributed by atoms with Gasteiger partial charge in [0, 0.05) is 34.2 Å². The number of ether oxygens (including phenoxy) is 1. The Bertz CT molecular complexity index is 1210. The fourth-order valence-corrected chi connectivity index (χ4v) is 6.26. The van der Waals surface area contributed by atoms with Gasteiger partial charge in [-0.15, -0.1) is 0 Å². The molecule has 1 aromatic carbocycles. The first kappa shape index (κ1) is 22.2. The number of likely N-dealkylation sites (tertiary alicyclic amines) is 1. The molecule has 3 aliphatic heterocycles. The van der Waals surface area contributed by atoms with Crippen molar-refractivity contribution in [3.63, 3.8) is 0 Å². The lowest BCUT2D eigenvalue weighted by molar-refractivity contribution is -0.133. The number of nitrogens with zero attached hydrogens (tertiary/aromatic N) is 3. The van der Waals surface area contributed by atoms with E-state index < -0.39 is 0 Å². The summed E-state index contributed by atoms with van der Waals surface area (Å²) in [6.45, 7) is 11.5. The summed E-state index contributed by atoms with van der Waals surface area (Å²) < 4.78 is 8.72. The number of carbonyl (C=O) groups is 3. The molecule has 0 radical (unpaired) electrons. The molecule has 33 heavy (non-hydrogen) atoms. The van der Waals surface area contributed by atoms with Gasteiger partial charge in [0.15, 0.2) is 0 Å². The van der Waals surface area contributed by atoms with Gasteiger partial charge >= 0.3 is 0 Å². The van der Waals surface area contributed by atoms with Crippen molar-refractivity contribution < 1.29 is 19.1 Å². The van der Waals surface area contributed by atoms with E-state index in [0.29, 0.717) is 31.9 Å². The minimum Gasteiger partial charge on any atom is -0.377 e. The van der Waals surface area contributed by atoms with E-state index in [9.17, 15) is 14.4 Å². The summed E-state index contributed by atoms with van der Waals surface area (Å²) in [4.78, 5) is 41.8. The third-order valence-corrected chi connectivity index (χ3v) is 7.68. The lowest BCUT2D eigenvalue weighted by atomic mass is 9.89. The summed E-state index contributed by atoms with van der Waals surface area (Å²) in [6.07, 6.45) is 1.28. The van der Waals surface area contributed by atoms with Gasteiger partial charge in [0.1, 0.15) is 6.54 Å². The molecule has 9 heteroatoms. The standard InChI is InChI=1S/C24H27BrN4O4/c1-5-19(31)27-7-15(8-27)26-18(30)9-28-14(4)20-22-21(16(25)6-12(2)23(22)28)17-11-33-10-13(3)29(17)24(20)32/h5-6,13,15,17H,1,7-11H2,2-4H3,(H,26,30). The van der Waals surface area contributed by atoms with Gasteiger partial charge in [0.05, 0.1) is 42.4 Å². The van der Waals surface area contributed by atoms with Crippen LogP contribution < -0.4 is 5.32 Å². The Balaban J connectivity index is 1.51. The summed E-state index contributed by atoms with van der Waals surface area (Å²) in [5.41, 5.74) is 4.44. The number of fused-ring (bicyclic) bond motifs is 2. The van der Waals surface area contributed by atoms with Crippen LogP contribution >= 0.6 is 15.9 Å². The van der Waals surface area contributed by atoms with Crippen molar-refractivity contribution in [2.24, 2.45) is 0 Å². The van der Waals surface area contributed by atoms with Crippen LogP contribution in [0.2, 0.25) is 0 Å². The van der Waals surface area contributed by atoms with E-state index >= 15 is 0 Å². The number of hydrogen-bond donors (Lipinski definition) is 1. The Kier molecular flexibility index (Phi) is 5.36. The molecule has 2 atom stereocenters. The molecule has 2 saturated heterocycles. The third-order valence-electron chi connectivity index (χ3n) is 7.03. The Labute approximate surface area is 200 Å². The smallest absolute Gasteiger partial charge is 0.257 e. The SMILES string of the molecule is C=CC(=O)N1CC(NC(=O)Cn2c(C)c3c4c(c(Br)cc(C)c42)C2COCC(C)N2C3=O)C1. The van der Waals surface area contributed by atoms with Gasteiger partial charge in [-0.25, -0.2) is 0 Å². The average Bonchev–Trinajstić information content (AvgIpc) is 3.02. The van der Waals surface area contributed by atoms with Gasteiger partial charge in [-0.3, -0.25) is 14.4 Å². The normalized spacial score (nSPS) is 22.2. The molecule has 0 bridgehead atoms. The van der Waals surface area contributed by atoms with Gasteiger partial charge in [-0.2, -0.15) is 0 Å². The minimum atomic E-state index is -0.154. The zero-order chi connectivity index (χ0) is 23.6. The maximum atomic E-state index is 13.6. The van der Waals surface area contributed by atoms with Crippen molar-refractivity contribution in [1.82, 2.24) is 19.7 Å². The molecule has 5 rings (SSSR count). The number of carbonyl (C=O) groups excluding carboxylic acids is 3. The molecule has 174 valence electrons. The molecule has 4 heterocycles. The van der Waals surface area contributed by atoms with Crippen LogP contribution in [0.25, 0.3) is 10.9 Å². The molecule has 0 spiro atoms. The molecule has 0 saturated carbocycles. The number of nitrogens with one attached hydrogen (secondary N) is 1. The molecule has 8 nitrogen and oxygen atoms in total. The van der Waals surface area contributed by atoms with E-state index in [0.717, 1.165) is 32.2 Å². The van der Waals surface area contributed by atoms with Crippen molar-refractivity contribution >= 4 is 44.6 Å². The molecule has 3 amide bonds. The topological polar surface area (TPSA) is 83.9 Å². The van der Waals surface area contributed by atoms with Crippen LogP contribution in [0, 0.1) is 13.8 Å². The van der Waals surface area contributed by atoms with Crippen molar-refractivity contribution in [1.29, 1.82) is 0 Å². The zero-order valence-electron chi connectivity index (χ0n) is 19.0. The molecule has 1 aromatic heterocycles. The van der Waals surface area contributed by atoms with Crippen molar-refractivity contribution in [2.75, 3.05) is 26.3 Å². The molecule has 3 aliphatic rings. The minimum absolute atomic E-state index is 0.0000281. The van der Waals surface area contributed by atoms with E-state index in [1.165, 1.54) is 6.08 Å². The van der Waals surface area contributed by atoms with Crippen LogP contribution in [0.4, 0.5) is 0 Å². The number of hydrogen-bond acceptors (Lipinski definition) is 4. The first-order valence-corrected chi connectivity index (χ1v) is 11.9. The number of aryl methyl sites for hydroxylation is 1. The highest BCUT2D eigenvalue weighted by atomic mass is 79.9. The Hall–Kier alpha value is -2.65. The predicted molar refractivity (Wildman–Crippen MR) is 127 cm³/mol. The largest absolute Gasteiger partial charge is 0.377 e. The van der Waals surface area contributed by atoms with E-state index in [-0.39, 0.29) is 42.4 Å². The number of benzene rings is 1. The van der Waals surface area contributed by atoms with E-state index in [1.807, 2.05) is 30.2 Å². The number of rotatable bonds is 4. The van der Waals surface area contributed by atoms with Crippen molar-refractivity contribution in [3.8, 4) is 0 Å². The lowest BCUT2D eigenvalue weighted by Gasteiger charge is -2.43. The highest BCUT2D eigenvalue weighted by Gasteiger charge is 2.43. The van der Waals surface area contributed by atoms with Gasteiger partial charge in [-0.1, -0.05) is 22.5 Å². The fraction of sp³-hybridized carbons (Fsp3) is 0.458. The quantitative estimate of drug-likeness (QED) is 0.635. The average molecular weight is 515 g/mol. The second-order valence-corrected chi connectivity index (χ2v) is 10.0. The van der Waals surface area contributed by atoms with E-state index in [2.05, 4.69) is 33.9 Å². The molecule has 2 unspecified atom stereocenters. The van der Waals surface area contributed by atoms with Crippen LogP contribution in [-0.2, 0) is 20.9 Å². The molecular weight excluding hydrogens is 488 g/mol. The number of aromatic nitrogens is 1. The Morgan fingerprint density at radius 2 is 2.03 bits per heavy atom. The monoisotopic (exact) mass is 514 g/mol. The second kappa shape index (κ2) is 7.99. The van der Waals surface area contributed by atoms with Crippen LogP contribution in [0.15, 0.2) is 23.2 Å². The first-order chi connectivity index (χ1) is 15.7. The molecular formula is C24H27BrN4O4. The summed E-state index contributed by atoms with van der Waals surface area (Å²) in [5.74, 6) is -0.264. The molecule has 2 fully saturated rings. The Morgan fingerprint density at radius 3 is 2.73 bits per heavy atom. The van der Waals surface area contributed by atoms with Crippen molar-refractivity contribution in [3.05, 3.63) is 45.6 Å². The van der Waals surface area contributed by atoms with Crippen LogP contribution in [0.5, 0.6) is 0 Å². The van der Waals surface area contributed by atoms with Gasteiger partial charge < -0.3 is 24.4 Å². The van der Waals surface area contributed by atoms with Crippen LogP contribution in [0.3, 0.4) is 0 Å². The molecule has 0 aliphatic carbocycles. The molecule has 1 N–H and O–H groups in total. The van der Waals surface area contributed by atoms with Crippen LogP contribution in [0.1, 0.15) is 40.1 Å².